The summed E-state index contributed by atoms with van der Waals surface area (Å²) in [5.74, 6) is 1.22. The highest BCUT2D eigenvalue weighted by molar-refractivity contribution is 6.54. The molecule has 0 heterocycles. The smallest absolute Gasteiger partial charge is 0.480 e. The number of hydrogen-bond acceptors (Lipinski definition) is 8. The molecule has 0 radical (unpaired) electrons. The van der Waals surface area contributed by atoms with Crippen molar-refractivity contribution in [2.75, 3.05) is 42.7 Å². The van der Waals surface area contributed by atoms with E-state index in [-0.39, 0.29) is 5.41 Å². The van der Waals surface area contributed by atoms with Crippen LogP contribution in [0.25, 0.3) is 0 Å². The van der Waals surface area contributed by atoms with E-state index in [0.29, 0.717) is 11.5 Å². The third-order valence-electron chi connectivity index (χ3n) is 5.14. The van der Waals surface area contributed by atoms with Crippen LogP contribution in [0.3, 0.4) is 0 Å². The summed E-state index contributed by atoms with van der Waals surface area (Å²) in [5, 5.41) is 0. The molecule has 0 N–H and O–H groups in total. The number of benzene rings is 2. The minimum absolute atomic E-state index is 0.256. The van der Waals surface area contributed by atoms with Crippen LogP contribution < -0.4 is 8.85 Å². The molecule has 2 aromatic rings. The van der Waals surface area contributed by atoms with Gasteiger partial charge in [0, 0.05) is 48.1 Å². The topological polar surface area (TPSA) is 73.8 Å². The van der Waals surface area contributed by atoms with Gasteiger partial charge in [0.25, 0.3) is 0 Å². The second-order valence-electron chi connectivity index (χ2n) is 7.10. The first-order valence-electron chi connectivity index (χ1n) is 9.63. The molecule has 0 aliphatic carbocycles. The molecule has 0 unspecified atom stereocenters. The molecule has 2 aromatic carbocycles. The van der Waals surface area contributed by atoms with Crippen molar-refractivity contribution in [2.24, 2.45) is 0 Å². The van der Waals surface area contributed by atoms with E-state index in [0.717, 1.165) is 11.1 Å². The van der Waals surface area contributed by atoms with E-state index in [1.165, 1.54) is 42.7 Å². The van der Waals surface area contributed by atoms with Crippen molar-refractivity contribution in [1.82, 2.24) is 0 Å². The lowest BCUT2D eigenvalue weighted by Crippen LogP contribution is -2.49. The maximum atomic E-state index is 5.84. The summed E-state index contributed by atoms with van der Waals surface area (Å²) in [6.07, 6.45) is 0. The summed E-state index contributed by atoms with van der Waals surface area (Å²) in [6, 6.07) is 15.6. The first kappa shape index (κ1) is 25.5. The Bertz CT molecular complexity index is 719. The van der Waals surface area contributed by atoms with E-state index < -0.39 is 18.1 Å². The molecule has 2 rings (SSSR count). The van der Waals surface area contributed by atoms with E-state index in [9.17, 15) is 0 Å². The van der Waals surface area contributed by atoms with Crippen LogP contribution in [0.4, 0.5) is 0 Å². The lowest BCUT2D eigenvalue weighted by molar-refractivity contribution is 0.0503. The Kier molecular flexibility index (Phi) is 8.80. The van der Waals surface area contributed by atoms with E-state index in [1.807, 2.05) is 48.5 Å². The molecule has 0 spiro atoms. The van der Waals surface area contributed by atoms with Crippen LogP contribution in [0.1, 0.15) is 25.0 Å². The average Bonchev–Trinajstić information content (AvgIpc) is 2.82. The Balaban J connectivity index is 2.19. The van der Waals surface area contributed by atoms with E-state index >= 15 is 0 Å². The summed E-state index contributed by atoms with van der Waals surface area (Å²) in [5.41, 5.74) is 1.97. The van der Waals surface area contributed by atoms with Crippen LogP contribution in [0.5, 0.6) is 11.5 Å². The Morgan fingerprint density at radius 3 is 0.968 bits per heavy atom. The quantitative estimate of drug-likeness (QED) is 0.438. The SMILES string of the molecule is CO[Si](OC)(OC)Oc1ccc(C(C)(C)c2ccc(O[Si](OC)(OC)OC)cc2)cc1. The van der Waals surface area contributed by atoms with Crippen molar-refractivity contribution in [3.05, 3.63) is 59.7 Å². The molecule has 0 fully saturated rings. The molecule has 31 heavy (non-hydrogen) atoms. The van der Waals surface area contributed by atoms with E-state index in [4.69, 9.17) is 35.4 Å². The Hall–Kier alpha value is -1.77. The van der Waals surface area contributed by atoms with Crippen LogP contribution in [0.2, 0.25) is 0 Å². The van der Waals surface area contributed by atoms with Gasteiger partial charge in [0.15, 0.2) is 0 Å². The molecule has 0 aliphatic rings. The molecule has 0 aromatic heterocycles. The fraction of sp³-hybridized carbons (Fsp3) is 0.429. The minimum Gasteiger partial charge on any atom is -0.480 e. The second kappa shape index (κ2) is 10.7. The van der Waals surface area contributed by atoms with Crippen molar-refractivity contribution < 1.29 is 35.4 Å². The van der Waals surface area contributed by atoms with Crippen LogP contribution in [0, 0.1) is 0 Å². The zero-order valence-corrected chi connectivity index (χ0v) is 21.4. The maximum Gasteiger partial charge on any atom is 0.748 e. The zero-order chi connectivity index (χ0) is 23.1. The number of hydrogen-bond donors (Lipinski definition) is 0. The van der Waals surface area contributed by atoms with Crippen molar-refractivity contribution >= 4 is 18.1 Å². The molecule has 0 saturated heterocycles. The molecule has 0 amide bonds. The molecule has 0 atom stereocenters. The van der Waals surface area contributed by atoms with Gasteiger partial charge in [-0.1, -0.05) is 38.1 Å². The van der Waals surface area contributed by atoms with Crippen LogP contribution in [-0.4, -0.2) is 60.8 Å². The van der Waals surface area contributed by atoms with E-state index in [1.54, 1.807) is 0 Å². The molecule has 172 valence electrons. The average molecular weight is 469 g/mol. The summed E-state index contributed by atoms with van der Waals surface area (Å²) in [6.45, 7) is 4.30. The van der Waals surface area contributed by atoms with Gasteiger partial charge >= 0.3 is 18.1 Å². The van der Waals surface area contributed by atoms with Gasteiger partial charge in [0.05, 0.1) is 0 Å². The second-order valence-corrected chi connectivity index (χ2v) is 12.0. The summed E-state index contributed by atoms with van der Waals surface area (Å²) >= 11 is 0. The minimum atomic E-state index is -3.16. The zero-order valence-electron chi connectivity index (χ0n) is 19.4. The predicted octanol–water partition coefficient (Wildman–Crippen LogP) is 3.52. The van der Waals surface area contributed by atoms with Crippen LogP contribution in [-0.2, 0) is 32.0 Å². The highest BCUT2D eigenvalue weighted by atomic mass is 28.4. The summed E-state index contributed by atoms with van der Waals surface area (Å²) < 4.78 is 43.6. The largest absolute Gasteiger partial charge is 0.748 e. The van der Waals surface area contributed by atoms with Crippen LogP contribution >= 0.6 is 0 Å². The third kappa shape index (κ3) is 5.73. The monoisotopic (exact) mass is 468 g/mol. The standard InChI is InChI=1S/C21H32O8Si2/c1-21(2,17-9-13-19(14-10-17)28-30(22-3,23-4)24-5)18-11-15-20(16-12-18)29-31(25-6,26-7)27-8/h9-16H,1-8H3. The third-order valence-corrected chi connectivity index (χ3v) is 9.11. The molecular weight excluding hydrogens is 436 g/mol. The van der Waals surface area contributed by atoms with Gasteiger partial charge in [-0.05, 0) is 35.4 Å². The molecule has 0 bridgehead atoms. The van der Waals surface area contributed by atoms with E-state index in [2.05, 4.69) is 13.8 Å². The fourth-order valence-corrected chi connectivity index (χ4v) is 5.43. The van der Waals surface area contributed by atoms with Crippen molar-refractivity contribution in [3.63, 3.8) is 0 Å². The van der Waals surface area contributed by atoms with Gasteiger partial charge in [-0.15, -0.1) is 0 Å². The van der Waals surface area contributed by atoms with Gasteiger partial charge in [0.2, 0.25) is 0 Å². The van der Waals surface area contributed by atoms with Gasteiger partial charge in [-0.25, -0.2) is 0 Å². The highest BCUT2D eigenvalue weighted by Crippen LogP contribution is 2.34. The first-order chi connectivity index (χ1) is 14.7. The Labute approximate surface area is 186 Å². The maximum absolute atomic E-state index is 5.84. The van der Waals surface area contributed by atoms with Crippen molar-refractivity contribution in [2.45, 2.75) is 19.3 Å². The van der Waals surface area contributed by atoms with Crippen molar-refractivity contribution in [1.29, 1.82) is 0 Å². The van der Waals surface area contributed by atoms with Gasteiger partial charge in [0.1, 0.15) is 11.5 Å². The molecule has 0 saturated carbocycles. The van der Waals surface area contributed by atoms with Gasteiger partial charge in [-0.2, -0.15) is 0 Å². The fourth-order valence-electron chi connectivity index (χ4n) is 3.08. The van der Waals surface area contributed by atoms with Crippen LogP contribution in [0.15, 0.2) is 48.5 Å². The Morgan fingerprint density at radius 1 is 0.484 bits per heavy atom. The number of rotatable bonds is 12. The summed E-state index contributed by atoms with van der Waals surface area (Å²) in [7, 11) is 2.69. The predicted molar refractivity (Wildman–Crippen MR) is 120 cm³/mol. The van der Waals surface area contributed by atoms with Gasteiger partial charge in [-0.3, -0.25) is 0 Å². The normalized spacial score (nSPS) is 12.6. The lowest BCUT2D eigenvalue weighted by atomic mass is 9.78. The molecule has 8 nitrogen and oxygen atoms in total. The summed E-state index contributed by atoms with van der Waals surface area (Å²) in [4.78, 5) is 0. The molecule has 10 heteroatoms. The van der Waals surface area contributed by atoms with Crippen molar-refractivity contribution in [3.8, 4) is 11.5 Å². The lowest BCUT2D eigenvalue weighted by Gasteiger charge is -2.28. The molecule has 0 aliphatic heterocycles. The van der Waals surface area contributed by atoms with Gasteiger partial charge < -0.3 is 35.4 Å². The molecular formula is C21H32O8Si2. The first-order valence-corrected chi connectivity index (χ1v) is 12.9. The Morgan fingerprint density at radius 2 is 0.742 bits per heavy atom. The highest BCUT2D eigenvalue weighted by Gasteiger charge is 2.46.